The van der Waals surface area contributed by atoms with Gasteiger partial charge in [-0.05, 0) is 30.2 Å². The van der Waals surface area contributed by atoms with Crippen LogP contribution in [0.2, 0.25) is 0 Å². The largest absolute Gasteiger partial charge is 0.338 e. The first-order valence-electron chi connectivity index (χ1n) is 8.25. The van der Waals surface area contributed by atoms with Gasteiger partial charge >= 0.3 is 0 Å². The number of hydrogen-bond acceptors (Lipinski definition) is 2. The smallest absolute Gasteiger partial charge is 0.255 e. The maximum Gasteiger partial charge on any atom is 0.255 e. The van der Waals surface area contributed by atoms with Gasteiger partial charge in [0, 0.05) is 30.1 Å². The van der Waals surface area contributed by atoms with Gasteiger partial charge in [-0.3, -0.25) is 9.59 Å². The normalized spacial score (nSPS) is 18.6. The van der Waals surface area contributed by atoms with Crippen molar-refractivity contribution in [1.82, 2.24) is 9.88 Å². The van der Waals surface area contributed by atoms with Gasteiger partial charge in [-0.1, -0.05) is 39.0 Å². The molecule has 0 spiro atoms. The van der Waals surface area contributed by atoms with Crippen LogP contribution in [-0.2, 0) is 0 Å². The summed E-state index contributed by atoms with van der Waals surface area (Å²) in [6.07, 6.45) is 3.75. The molecule has 0 saturated carbocycles. The number of rotatable bonds is 2. The number of carbonyl (C=O) groups is 1. The minimum atomic E-state index is -0.149. The molecule has 1 unspecified atom stereocenters. The van der Waals surface area contributed by atoms with Gasteiger partial charge in [0.15, 0.2) is 0 Å². The number of H-pyrrole nitrogens is 1. The molecular weight excluding hydrogens is 288 g/mol. The number of nitrogens with zero attached hydrogens (tertiary/aromatic N) is 1. The quantitative estimate of drug-likeness (QED) is 0.923. The summed E-state index contributed by atoms with van der Waals surface area (Å²) < 4.78 is 0. The third-order valence-electron chi connectivity index (χ3n) is 4.51. The van der Waals surface area contributed by atoms with Gasteiger partial charge in [0.05, 0.1) is 5.56 Å². The zero-order chi connectivity index (χ0) is 16.6. The minimum Gasteiger partial charge on any atom is -0.338 e. The van der Waals surface area contributed by atoms with Crippen LogP contribution in [0, 0.1) is 11.3 Å². The summed E-state index contributed by atoms with van der Waals surface area (Å²) in [7, 11) is 0. The van der Waals surface area contributed by atoms with E-state index in [4.69, 9.17) is 0 Å². The Balaban J connectivity index is 1.85. The molecule has 1 aliphatic heterocycles. The van der Waals surface area contributed by atoms with Crippen molar-refractivity contribution in [1.29, 1.82) is 0 Å². The molecule has 1 aromatic carbocycles. The second-order valence-electron chi connectivity index (χ2n) is 7.75. The Kier molecular flexibility index (Phi) is 4.00. The number of carbonyl (C=O) groups excluding carboxylic acids is 1. The molecule has 0 bridgehead atoms. The van der Waals surface area contributed by atoms with Gasteiger partial charge in [0.1, 0.15) is 0 Å². The number of benzene rings is 1. The fourth-order valence-corrected chi connectivity index (χ4v) is 3.61. The van der Waals surface area contributed by atoms with Crippen molar-refractivity contribution in [2.24, 2.45) is 11.3 Å². The van der Waals surface area contributed by atoms with E-state index < -0.39 is 0 Å². The van der Waals surface area contributed by atoms with Crippen LogP contribution in [0.1, 0.15) is 44.0 Å². The third-order valence-corrected chi connectivity index (χ3v) is 4.51. The number of amides is 1. The number of fused-ring (bicyclic) bond motifs is 1. The zero-order valence-corrected chi connectivity index (χ0v) is 14.1. The standard InChI is InChI=1S/C19H24N2O2/c1-19(2,3)10-13-8-9-21(12-13)18(23)16-11-20-17(22)15-7-5-4-6-14(15)16/h4-7,11,13H,8-10,12H2,1-3H3,(H,20,22). The molecule has 1 aromatic heterocycles. The fraction of sp³-hybridized carbons (Fsp3) is 0.474. The predicted octanol–water partition coefficient (Wildman–Crippen LogP) is 3.43. The van der Waals surface area contributed by atoms with E-state index in [0.29, 0.717) is 16.9 Å². The maximum absolute atomic E-state index is 12.9. The second kappa shape index (κ2) is 5.84. The van der Waals surface area contributed by atoms with E-state index in [-0.39, 0.29) is 16.9 Å². The Labute approximate surface area is 136 Å². The molecule has 3 rings (SSSR count). The van der Waals surface area contributed by atoms with Crippen molar-refractivity contribution in [2.45, 2.75) is 33.6 Å². The topological polar surface area (TPSA) is 53.2 Å². The van der Waals surface area contributed by atoms with Crippen LogP contribution in [0.25, 0.3) is 10.8 Å². The number of aromatic nitrogens is 1. The van der Waals surface area contributed by atoms with Gasteiger partial charge in [0.2, 0.25) is 0 Å². The first-order valence-corrected chi connectivity index (χ1v) is 8.25. The fourth-order valence-electron chi connectivity index (χ4n) is 3.61. The number of aromatic amines is 1. The van der Waals surface area contributed by atoms with Gasteiger partial charge in [-0.2, -0.15) is 0 Å². The van der Waals surface area contributed by atoms with Gasteiger partial charge in [0.25, 0.3) is 11.5 Å². The molecule has 4 nitrogen and oxygen atoms in total. The molecule has 1 fully saturated rings. The van der Waals surface area contributed by atoms with Crippen LogP contribution < -0.4 is 5.56 Å². The zero-order valence-electron chi connectivity index (χ0n) is 14.1. The number of pyridine rings is 1. The molecule has 0 aliphatic carbocycles. The van der Waals surface area contributed by atoms with Crippen molar-refractivity contribution in [3.05, 3.63) is 46.4 Å². The second-order valence-corrected chi connectivity index (χ2v) is 7.75. The van der Waals surface area contributed by atoms with Crippen molar-refractivity contribution in [3.63, 3.8) is 0 Å². The van der Waals surface area contributed by atoms with E-state index in [1.165, 1.54) is 0 Å². The van der Waals surface area contributed by atoms with Gasteiger partial charge in [-0.25, -0.2) is 0 Å². The Morgan fingerprint density at radius 3 is 2.65 bits per heavy atom. The highest BCUT2D eigenvalue weighted by Crippen LogP contribution is 2.31. The summed E-state index contributed by atoms with van der Waals surface area (Å²) in [6.45, 7) is 8.34. The molecule has 1 aliphatic rings. The van der Waals surface area contributed by atoms with E-state index in [0.717, 1.165) is 31.3 Å². The van der Waals surface area contributed by atoms with E-state index in [2.05, 4.69) is 25.8 Å². The summed E-state index contributed by atoms with van der Waals surface area (Å²) in [4.78, 5) is 29.4. The predicted molar refractivity (Wildman–Crippen MR) is 92.7 cm³/mol. The lowest BCUT2D eigenvalue weighted by Crippen LogP contribution is -2.30. The molecule has 4 heteroatoms. The van der Waals surface area contributed by atoms with Crippen LogP contribution >= 0.6 is 0 Å². The summed E-state index contributed by atoms with van der Waals surface area (Å²) in [5, 5.41) is 1.31. The monoisotopic (exact) mass is 312 g/mol. The van der Waals surface area contributed by atoms with E-state index in [9.17, 15) is 9.59 Å². The number of nitrogens with one attached hydrogen (secondary N) is 1. The Bertz CT molecular complexity index is 786. The number of likely N-dealkylation sites (tertiary alicyclic amines) is 1. The molecule has 23 heavy (non-hydrogen) atoms. The Morgan fingerprint density at radius 1 is 1.26 bits per heavy atom. The average molecular weight is 312 g/mol. The van der Waals surface area contributed by atoms with Crippen LogP contribution in [-0.4, -0.2) is 28.9 Å². The van der Waals surface area contributed by atoms with Crippen LogP contribution in [0.3, 0.4) is 0 Å². The summed E-state index contributed by atoms with van der Waals surface area (Å²) in [6, 6.07) is 7.30. The molecule has 1 amide bonds. The molecule has 1 N–H and O–H groups in total. The van der Waals surface area contributed by atoms with Crippen LogP contribution in [0.4, 0.5) is 0 Å². The van der Waals surface area contributed by atoms with E-state index in [1.807, 2.05) is 23.1 Å². The average Bonchev–Trinajstić information content (AvgIpc) is 2.94. The highest BCUT2D eigenvalue weighted by atomic mass is 16.2. The lowest BCUT2D eigenvalue weighted by molar-refractivity contribution is 0.0785. The first kappa shape index (κ1) is 15.8. The summed E-state index contributed by atoms with van der Waals surface area (Å²) >= 11 is 0. The van der Waals surface area contributed by atoms with E-state index in [1.54, 1.807) is 12.3 Å². The van der Waals surface area contributed by atoms with Crippen molar-refractivity contribution >= 4 is 16.7 Å². The molecular formula is C19H24N2O2. The lowest BCUT2D eigenvalue weighted by Gasteiger charge is -2.23. The van der Waals surface area contributed by atoms with Gasteiger partial charge < -0.3 is 9.88 Å². The van der Waals surface area contributed by atoms with E-state index >= 15 is 0 Å². The summed E-state index contributed by atoms with van der Waals surface area (Å²) in [5.41, 5.74) is 0.731. The minimum absolute atomic E-state index is 0.0221. The van der Waals surface area contributed by atoms with Crippen molar-refractivity contribution < 1.29 is 4.79 Å². The maximum atomic E-state index is 12.9. The van der Waals surface area contributed by atoms with Crippen molar-refractivity contribution in [2.75, 3.05) is 13.1 Å². The molecule has 2 aromatic rings. The highest BCUT2D eigenvalue weighted by Gasteiger charge is 2.30. The molecule has 2 heterocycles. The Morgan fingerprint density at radius 2 is 1.96 bits per heavy atom. The molecule has 1 atom stereocenters. The highest BCUT2D eigenvalue weighted by molar-refractivity contribution is 6.06. The third kappa shape index (κ3) is 3.31. The van der Waals surface area contributed by atoms with Crippen molar-refractivity contribution in [3.8, 4) is 0 Å². The lowest BCUT2D eigenvalue weighted by atomic mass is 9.84. The Hall–Kier alpha value is -2.10. The molecule has 122 valence electrons. The molecule has 0 radical (unpaired) electrons. The van der Waals surface area contributed by atoms with Crippen LogP contribution in [0.15, 0.2) is 35.3 Å². The first-order chi connectivity index (χ1) is 10.8. The number of hydrogen-bond donors (Lipinski definition) is 1. The van der Waals surface area contributed by atoms with Crippen LogP contribution in [0.5, 0.6) is 0 Å². The SMILES string of the molecule is CC(C)(C)CC1CCN(C(=O)c2c[nH]c(=O)c3ccccc23)C1. The summed E-state index contributed by atoms with van der Waals surface area (Å²) in [5.74, 6) is 0.585. The van der Waals surface area contributed by atoms with Gasteiger partial charge in [-0.15, -0.1) is 0 Å². The molecule has 1 saturated heterocycles.